The van der Waals surface area contributed by atoms with Crippen molar-refractivity contribution in [1.82, 2.24) is 9.88 Å². The molecule has 0 atom stereocenters. The molecule has 0 aliphatic carbocycles. The van der Waals surface area contributed by atoms with E-state index in [1.54, 1.807) is 21.9 Å². The summed E-state index contributed by atoms with van der Waals surface area (Å²) in [6, 6.07) is 3.52. The maximum absolute atomic E-state index is 13.5. The predicted molar refractivity (Wildman–Crippen MR) is 101 cm³/mol. The smallest absolute Gasteiger partial charge is 0.410 e. The summed E-state index contributed by atoms with van der Waals surface area (Å²) in [7, 11) is 0. The van der Waals surface area contributed by atoms with Crippen molar-refractivity contribution >= 4 is 29.1 Å². The van der Waals surface area contributed by atoms with Crippen molar-refractivity contribution in [2.24, 2.45) is 0 Å². The Labute approximate surface area is 162 Å². The molecule has 0 N–H and O–H groups in total. The Morgan fingerprint density at radius 2 is 2.04 bits per heavy atom. The van der Waals surface area contributed by atoms with Gasteiger partial charge < -0.3 is 14.5 Å². The van der Waals surface area contributed by atoms with E-state index in [0.29, 0.717) is 25.3 Å². The fourth-order valence-electron chi connectivity index (χ4n) is 3.19. The molecule has 2 aliphatic rings. The zero-order chi connectivity index (χ0) is 19.8. The highest BCUT2D eigenvalue weighted by Gasteiger charge is 2.39. The van der Waals surface area contributed by atoms with Crippen LogP contribution in [0.4, 0.5) is 19.4 Å². The number of pyridine rings is 1. The summed E-state index contributed by atoms with van der Waals surface area (Å²) >= 11 is 6.13. The van der Waals surface area contributed by atoms with Crippen molar-refractivity contribution in [3.05, 3.63) is 28.9 Å². The minimum absolute atomic E-state index is 0.177. The number of halogens is 3. The first-order valence-electron chi connectivity index (χ1n) is 9.00. The van der Waals surface area contributed by atoms with Gasteiger partial charge in [0.15, 0.2) is 0 Å². The van der Waals surface area contributed by atoms with Crippen LogP contribution in [0, 0.1) is 0 Å². The number of hydrogen-bond donors (Lipinski definition) is 0. The Morgan fingerprint density at radius 3 is 2.59 bits per heavy atom. The Balaban J connectivity index is 1.73. The SMILES string of the molecule is CC(C)(C)OC(=O)N1CC=C(c2cc(Cl)nc(N3CCC(F)(F)C3)c2)CC1. The summed E-state index contributed by atoms with van der Waals surface area (Å²) in [6.07, 6.45) is 2.06. The fourth-order valence-corrected chi connectivity index (χ4v) is 3.39. The van der Waals surface area contributed by atoms with Gasteiger partial charge in [0.05, 0.1) is 6.54 Å². The molecule has 1 aromatic rings. The predicted octanol–water partition coefficient (Wildman–Crippen LogP) is 4.60. The Bertz CT molecular complexity index is 762. The second-order valence-corrected chi connectivity index (χ2v) is 8.36. The van der Waals surface area contributed by atoms with Gasteiger partial charge in [-0.05, 0) is 50.5 Å². The lowest BCUT2D eigenvalue weighted by Crippen LogP contribution is -2.39. The number of carbonyl (C=O) groups excluding carboxylic acids is 1. The fraction of sp³-hybridized carbons (Fsp3) is 0.579. The highest BCUT2D eigenvalue weighted by molar-refractivity contribution is 6.29. The van der Waals surface area contributed by atoms with E-state index in [2.05, 4.69) is 4.98 Å². The number of hydrogen-bond acceptors (Lipinski definition) is 4. The van der Waals surface area contributed by atoms with Crippen LogP contribution in [-0.4, -0.2) is 53.7 Å². The van der Waals surface area contributed by atoms with Gasteiger partial charge in [-0.2, -0.15) is 0 Å². The van der Waals surface area contributed by atoms with E-state index < -0.39 is 11.5 Å². The molecule has 148 valence electrons. The average Bonchev–Trinajstić information content (AvgIpc) is 2.93. The number of amides is 1. The maximum Gasteiger partial charge on any atom is 0.410 e. The van der Waals surface area contributed by atoms with Crippen LogP contribution in [0.5, 0.6) is 0 Å². The quantitative estimate of drug-likeness (QED) is 0.681. The van der Waals surface area contributed by atoms with Crippen molar-refractivity contribution in [2.45, 2.75) is 45.1 Å². The molecular formula is C19H24ClF2N3O2. The third-order valence-electron chi connectivity index (χ3n) is 4.51. The van der Waals surface area contributed by atoms with Crippen LogP contribution in [0.1, 0.15) is 39.2 Å². The van der Waals surface area contributed by atoms with Gasteiger partial charge in [-0.1, -0.05) is 17.7 Å². The van der Waals surface area contributed by atoms with Crippen LogP contribution in [0.25, 0.3) is 5.57 Å². The zero-order valence-electron chi connectivity index (χ0n) is 15.8. The molecule has 3 heterocycles. The summed E-state index contributed by atoms with van der Waals surface area (Å²) in [4.78, 5) is 19.6. The number of carbonyl (C=O) groups is 1. The average molecular weight is 400 g/mol. The topological polar surface area (TPSA) is 45.7 Å². The molecule has 0 saturated carbocycles. The van der Waals surface area contributed by atoms with Crippen LogP contribution in [-0.2, 0) is 4.74 Å². The molecule has 1 fully saturated rings. The summed E-state index contributed by atoms with van der Waals surface area (Å²) in [5.74, 6) is -2.23. The molecular weight excluding hydrogens is 376 g/mol. The van der Waals surface area contributed by atoms with Gasteiger partial charge in [0.25, 0.3) is 5.92 Å². The number of rotatable bonds is 2. The van der Waals surface area contributed by atoms with Crippen molar-refractivity contribution in [3.63, 3.8) is 0 Å². The molecule has 3 rings (SSSR count). The van der Waals surface area contributed by atoms with E-state index in [9.17, 15) is 13.6 Å². The third-order valence-corrected chi connectivity index (χ3v) is 4.70. The molecule has 8 heteroatoms. The van der Waals surface area contributed by atoms with Crippen molar-refractivity contribution in [2.75, 3.05) is 31.1 Å². The molecule has 1 saturated heterocycles. The van der Waals surface area contributed by atoms with Crippen LogP contribution >= 0.6 is 11.6 Å². The molecule has 0 aromatic carbocycles. The molecule has 5 nitrogen and oxygen atoms in total. The Hall–Kier alpha value is -1.89. The van der Waals surface area contributed by atoms with Gasteiger partial charge in [-0.15, -0.1) is 0 Å². The van der Waals surface area contributed by atoms with Gasteiger partial charge in [0.1, 0.15) is 16.6 Å². The van der Waals surface area contributed by atoms with Gasteiger partial charge >= 0.3 is 6.09 Å². The van der Waals surface area contributed by atoms with Gasteiger partial charge in [-0.3, -0.25) is 0 Å². The molecule has 1 aromatic heterocycles. The lowest BCUT2D eigenvalue weighted by Gasteiger charge is -2.30. The first-order chi connectivity index (χ1) is 12.5. The lowest BCUT2D eigenvalue weighted by atomic mass is 10.0. The Morgan fingerprint density at radius 1 is 1.30 bits per heavy atom. The van der Waals surface area contributed by atoms with E-state index in [0.717, 1.165) is 11.1 Å². The largest absolute Gasteiger partial charge is 0.444 e. The standard InChI is InChI=1S/C19H24ClF2N3O2/c1-18(2,3)27-17(26)24-7-4-13(5-8-24)14-10-15(20)23-16(11-14)25-9-6-19(21,22)12-25/h4,10-11H,5-9,12H2,1-3H3. The number of alkyl halides is 2. The van der Waals surface area contributed by atoms with Crippen molar-refractivity contribution in [1.29, 1.82) is 0 Å². The lowest BCUT2D eigenvalue weighted by molar-refractivity contribution is 0.0252. The van der Waals surface area contributed by atoms with Crippen LogP contribution in [0.3, 0.4) is 0 Å². The maximum atomic E-state index is 13.5. The molecule has 2 aliphatic heterocycles. The minimum Gasteiger partial charge on any atom is -0.444 e. The molecule has 0 spiro atoms. The number of anilines is 1. The van der Waals surface area contributed by atoms with Crippen LogP contribution < -0.4 is 4.90 Å². The first-order valence-corrected chi connectivity index (χ1v) is 9.38. The Kier molecular flexibility index (Phi) is 5.34. The zero-order valence-corrected chi connectivity index (χ0v) is 16.5. The molecule has 0 unspecified atom stereocenters. The second-order valence-electron chi connectivity index (χ2n) is 7.97. The highest BCUT2D eigenvalue weighted by atomic mass is 35.5. The third kappa shape index (κ3) is 5.09. The van der Waals surface area contributed by atoms with E-state index in [4.69, 9.17) is 16.3 Å². The summed E-state index contributed by atoms with van der Waals surface area (Å²) < 4.78 is 32.4. The van der Waals surface area contributed by atoms with E-state index in [-0.39, 0.29) is 30.8 Å². The minimum atomic E-state index is -2.69. The van der Waals surface area contributed by atoms with Crippen molar-refractivity contribution in [3.8, 4) is 0 Å². The van der Waals surface area contributed by atoms with Crippen molar-refractivity contribution < 1.29 is 18.3 Å². The molecule has 1 amide bonds. The van der Waals surface area contributed by atoms with Gasteiger partial charge in [0, 0.05) is 26.1 Å². The molecule has 0 radical (unpaired) electrons. The van der Waals surface area contributed by atoms with E-state index in [1.165, 1.54) is 0 Å². The van der Waals surface area contributed by atoms with Crippen LogP contribution in [0.15, 0.2) is 18.2 Å². The number of aromatic nitrogens is 1. The highest BCUT2D eigenvalue weighted by Crippen LogP contribution is 2.33. The van der Waals surface area contributed by atoms with Gasteiger partial charge in [-0.25, -0.2) is 18.6 Å². The summed E-state index contributed by atoms with van der Waals surface area (Å²) in [5.41, 5.74) is 1.34. The monoisotopic (exact) mass is 399 g/mol. The van der Waals surface area contributed by atoms with Crippen LogP contribution in [0.2, 0.25) is 5.15 Å². The van der Waals surface area contributed by atoms with E-state index >= 15 is 0 Å². The number of ether oxygens (including phenoxy) is 1. The number of nitrogens with zero attached hydrogens (tertiary/aromatic N) is 3. The molecule has 0 bridgehead atoms. The second kappa shape index (κ2) is 7.26. The van der Waals surface area contributed by atoms with E-state index in [1.807, 2.05) is 26.8 Å². The summed E-state index contributed by atoms with van der Waals surface area (Å²) in [5, 5.41) is 0.271. The first kappa shape index (κ1) is 19.9. The normalized spacial score (nSPS) is 19.9. The summed E-state index contributed by atoms with van der Waals surface area (Å²) in [6.45, 7) is 6.37. The molecule has 27 heavy (non-hydrogen) atoms. The van der Waals surface area contributed by atoms with Gasteiger partial charge in [0.2, 0.25) is 0 Å².